The Hall–Kier alpha value is -1.58. The molecule has 0 unspecified atom stereocenters. The molecule has 0 heterocycles. The molecule has 2 aromatic rings. The molecule has 0 amide bonds. The molecule has 0 aliphatic rings. The number of hydrogen-bond donors (Lipinski definition) is 2. The van der Waals surface area contributed by atoms with Crippen LogP contribution in [0.2, 0.25) is 0 Å². The van der Waals surface area contributed by atoms with Crippen LogP contribution in [0.5, 0.6) is 5.75 Å². The Morgan fingerprint density at radius 1 is 1.22 bits per heavy atom. The second kappa shape index (κ2) is 5.85. The zero-order valence-electron chi connectivity index (χ0n) is 10.6. The molecule has 0 aliphatic carbocycles. The first-order valence-corrected chi connectivity index (χ1v) is 6.20. The first-order valence-electron chi connectivity index (χ1n) is 6.20. The topological polar surface area (TPSA) is 55.5 Å². The van der Waals surface area contributed by atoms with Gasteiger partial charge in [-0.15, -0.1) is 0 Å². The lowest BCUT2D eigenvalue weighted by atomic mass is 9.95. The molecule has 2 aromatic carbocycles. The molecular formula is C15H19NO2. The van der Waals surface area contributed by atoms with E-state index in [-0.39, 0.29) is 12.6 Å². The van der Waals surface area contributed by atoms with E-state index in [0.29, 0.717) is 6.42 Å². The molecule has 96 valence electrons. The number of aliphatic hydroxyl groups excluding tert-OH is 1. The quantitative estimate of drug-likeness (QED) is 0.851. The standard InChI is InChI=1S/C15H19NO2/c1-18-14-9-8-11-5-2-3-6-12(11)15(14)13(16)7-4-10-17/h2-3,5-6,8-9,13,17H,4,7,10,16H2,1H3/t13-/m1/s1. The lowest BCUT2D eigenvalue weighted by Gasteiger charge is -2.18. The Morgan fingerprint density at radius 2 is 2.00 bits per heavy atom. The van der Waals surface area contributed by atoms with Crippen LogP contribution in [0, 0.1) is 0 Å². The summed E-state index contributed by atoms with van der Waals surface area (Å²) >= 11 is 0. The molecule has 0 radical (unpaired) electrons. The van der Waals surface area contributed by atoms with Gasteiger partial charge in [-0.1, -0.05) is 30.3 Å². The number of fused-ring (bicyclic) bond motifs is 1. The van der Waals surface area contributed by atoms with E-state index in [0.717, 1.165) is 28.5 Å². The van der Waals surface area contributed by atoms with Crippen molar-refractivity contribution in [2.75, 3.05) is 13.7 Å². The lowest BCUT2D eigenvalue weighted by molar-refractivity contribution is 0.279. The van der Waals surface area contributed by atoms with E-state index in [1.165, 1.54) is 0 Å². The summed E-state index contributed by atoms with van der Waals surface area (Å²) < 4.78 is 5.41. The predicted octanol–water partition coefficient (Wildman–Crippen LogP) is 2.62. The molecule has 0 aliphatic heterocycles. The van der Waals surface area contributed by atoms with E-state index in [4.69, 9.17) is 15.6 Å². The van der Waals surface area contributed by atoms with Crippen molar-refractivity contribution in [1.82, 2.24) is 0 Å². The number of hydrogen-bond acceptors (Lipinski definition) is 3. The van der Waals surface area contributed by atoms with Crippen LogP contribution in [0.25, 0.3) is 10.8 Å². The second-order valence-corrected chi connectivity index (χ2v) is 4.37. The van der Waals surface area contributed by atoms with E-state index in [9.17, 15) is 0 Å². The summed E-state index contributed by atoms with van der Waals surface area (Å²) in [5.41, 5.74) is 7.26. The van der Waals surface area contributed by atoms with Gasteiger partial charge >= 0.3 is 0 Å². The van der Waals surface area contributed by atoms with Gasteiger partial charge in [0.15, 0.2) is 0 Å². The van der Waals surface area contributed by atoms with Crippen LogP contribution < -0.4 is 10.5 Å². The highest BCUT2D eigenvalue weighted by molar-refractivity contribution is 5.88. The summed E-state index contributed by atoms with van der Waals surface area (Å²) in [5.74, 6) is 0.819. The zero-order valence-corrected chi connectivity index (χ0v) is 10.6. The Morgan fingerprint density at radius 3 is 2.72 bits per heavy atom. The van der Waals surface area contributed by atoms with Gasteiger partial charge < -0.3 is 15.6 Å². The molecule has 0 spiro atoms. The molecular weight excluding hydrogens is 226 g/mol. The summed E-state index contributed by atoms with van der Waals surface area (Å²) in [7, 11) is 1.66. The summed E-state index contributed by atoms with van der Waals surface area (Å²) in [6, 6.07) is 12.0. The number of benzene rings is 2. The van der Waals surface area contributed by atoms with Gasteiger partial charge in [-0.3, -0.25) is 0 Å². The molecule has 1 atom stereocenters. The van der Waals surface area contributed by atoms with Gasteiger partial charge in [0.2, 0.25) is 0 Å². The van der Waals surface area contributed by atoms with Crippen LogP contribution >= 0.6 is 0 Å². The third kappa shape index (κ3) is 2.47. The monoisotopic (exact) mass is 245 g/mol. The van der Waals surface area contributed by atoms with Crippen LogP contribution in [0.4, 0.5) is 0 Å². The van der Waals surface area contributed by atoms with Crippen LogP contribution in [0.15, 0.2) is 36.4 Å². The smallest absolute Gasteiger partial charge is 0.124 e. The minimum Gasteiger partial charge on any atom is -0.496 e. The average molecular weight is 245 g/mol. The van der Waals surface area contributed by atoms with Crippen molar-refractivity contribution >= 4 is 10.8 Å². The van der Waals surface area contributed by atoms with Crippen LogP contribution in [-0.2, 0) is 0 Å². The maximum atomic E-state index is 8.92. The molecule has 0 aromatic heterocycles. The van der Waals surface area contributed by atoms with Crippen LogP contribution in [-0.4, -0.2) is 18.8 Å². The summed E-state index contributed by atoms with van der Waals surface area (Å²) in [5, 5.41) is 11.2. The van der Waals surface area contributed by atoms with Crippen molar-refractivity contribution < 1.29 is 9.84 Å². The number of methoxy groups -OCH3 is 1. The predicted molar refractivity (Wildman–Crippen MR) is 73.7 cm³/mol. The molecule has 0 saturated carbocycles. The molecule has 0 saturated heterocycles. The van der Waals surface area contributed by atoms with Crippen LogP contribution in [0.3, 0.4) is 0 Å². The maximum absolute atomic E-state index is 8.92. The largest absolute Gasteiger partial charge is 0.496 e. The van der Waals surface area contributed by atoms with E-state index < -0.39 is 0 Å². The van der Waals surface area contributed by atoms with Crippen LogP contribution in [0.1, 0.15) is 24.4 Å². The van der Waals surface area contributed by atoms with Gasteiger partial charge in [0, 0.05) is 18.2 Å². The fraction of sp³-hybridized carbons (Fsp3) is 0.333. The first kappa shape index (κ1) is 12.9. The van der Waals surface area contributed by atoms with Gasteiger partial charge in [-0.2, -0.15) is 0 Å². The van der Waals surface area contributed by atoms with Crippen molar-refractivity contribution in [1.29, 1.82) is 0 Å². The number of ether oxygens (including phenoxy) is 1. The average Bonchev–Trinajstić information content (AvgIpc) is 2.43. The van der Waals surface area contributed by atoms with Gasteiger partial charge in [-0.25, -0.2) is 0 Å². The van der Waals surface area contributed by atoms with E-state index >= 15 is 0 Å². The summed E-state index contributed by atoms with van der Waals surface area (Å²) in [6.07, 6.45) is 1.45. The molecule has 3 N–H and O–H groups in total. The third-order valence-corrected chi connectivity index (χ3v) is 3.19. The van der Waals surface area contributed by atoms with E-state index in [1.807, 2.05) is 24.3 Å². The molecule has 3 heteroatoms. The maximum Gasteiger partial charge on any atom is 0.124 e. The Bertz CT molecular complexity index is 525. The van der Waals surface area contributed by atoms with Crippen molar-refractivity contribution in [2.24, 2.45) is 5.73 Å². The number of aliphatic hydroxyl groups is 1. The summed E-state index contributed by atoms with van der Waals surface area (Å²) in [4.78, 5) is 0. The molecule has 0 fully saturated rings. The van der Waals surface area contributed by atoms with Crippen molar-refractivity contribution in [3.8, 4) is 5.75 Å². The normalized spacial score (nSPS) is 12.6. The molecule has 0 bridgehead atoms. The fourth-order valence-electron chi connectivity index (χ4n) is 2.29. The van der Waals surface area contributed by atoms with Gasteiger partial charge in [-0.05, 0) is 29.7 Å². The second-order valence-electron chi connectivity index (χ2n) is 4.37. The van der Waals surface area contributed by atoms with Gasteiger partial charge in [0.1, 0.15) is 5.75 Å². The van der Waals surface area contributed by atoms with Crippen molar-refractivity contribution in [3.05, 3.63) is 42.0 Å². The Labute approximate surface area is 107 Å². The van der Waals surface area contributed by atoms with Crippen molar-refractivity contribution in [2.45, 2.75) is 18.9 Å². The fourth-order valence-corrected chi connectivity index (χ4v) is 2.29. The van der Waals surface area contributed by atoms with E-state index in [2.05, 4.69) is 12.1 Å². The highest BCUT2D eigenvalue weighted by Crippen LogP contribution is 2.33. The minimum atomic E-state index is -0.113. The highest BCUT2D eigenvalue weighted by Gasteiger charge is 2.15. The number of rotatable bonds is 5. The number of nitrogens with two attached hydrogens (primary N) is 1. The Kier molecular flexibility index (Phi) is 4.18. The zero-order chi connectivity index (χ0) is 13.0. The molecule has 3 nitrogen and oxygen atoms in total. The summed E-state index contributed by atoms with van der Waals surface area (Å²) in [6.45, 7) is 0.167. The molecule has 2 rings (SSSR count). The lowest BCUT2D eigenvalue weighted by Crippen LogP contribution is -2.12. The van der Waals surface area contributed by atoms with E-state index in [1.54, 1.807) is 7.11 Å². The SMILES string of the molecule is COc1ccc2ccccc2c1[C@H](N)CCCO. The molecule has 18 heavy (non-hydrogen) atoms. The Balaban J connectivity index is 2.50. The minimum absolute atomic E-state index is 0.113. The highest BCUT2D eigenvalue weighted by atomic mass is 16.5. The first-order chi connectivity index (χ1) is 8.77. The van der Waals surface area contributed by atoms with Gasteiger partial charge in [0.05, 0.1) is 7.11 Å². The third-order valence-electron chi connectivity index (χ3n) is 3.19. The van der Waals surface area contributed by atoms with Gasteiger partial charge in [0.25, 0.3) is 0 Å². The van der Waals surface area contributed by atoms with Crippen molar-refractivity contribution in [3.63, 3.8) is 0 Å².